The van der Waals surface area contributed by atoms with Gasteiger partial charge < -0.3 is 20.9 Å². The molecule has 0 bridgehead atoms. The molecule has 0 amide bonds. The van der Waals surface area contributed by atoms with Crippen molar-refractivity contribution in [2.45, 2.75) is 44.1 Å². The number of hydrogen-bond donors (Lipinski definition) is 3. The molecule has 1 aromatic rings. The fourth-order valence-corrected chi connectivity index (χ4v) is 3.59. The van der Waals surface area contributed by atoms with Gasteiger partial charge in [0, 0.05) is 12.0 Å². The molecular formula is C17H23ClN2O3. The number of rotatable bonds is 4. The molecule has 5 nitrogen and oxygen atoms in total. The fraction of sp³-hybridized carbons (Fsp3) is 0.588. The van der Waals surface area contributed by atoms with Crippen LogP contribution in [0.3, 0.4) is 0 Å². The van der Waals surface area contributed by atoms with Gasteiger partial charge in [-0.25, -0.2) is 0 Å². The number of benzene rings is 1. The molecular weight excluding hydrogens is 316 g/mol. The molecule has 23 heavy (non-hydrogen) atoms. The number of nitrogens with one attached hydrogen (secondary N) is 1. The van der Waals surface area contributed by atoms with Crippen LogP contribution in [0.4, 0.5) is 5.69 Å². The van der Waals surface area contributed by atoms with Crippen molar-refractivity contribution in [2.75, 3.05) is 25.4 Å². The minimum atomic E-state index is -0.751. The Morgan fingerprint density at radius 2 is 2.17 bits per heavy atom. The zero-order chi connectivity index (χ0) is 16.4. The lowest BCUT2D eigenvalue weighted by Crippen LogP contribution is -2.42. The lowest BCUT2D eigenvalue weighted by molar-refractivity contribution is 0.00144. The number of nitrogens with two attached hydrogens (primary N) is 1. The minimum absolute atomic E-state index is 0.0444. The smallest absolute Gasteiger partial charge is 0.166 e. The van der Waals surface area contributed by atoms with Gasteiger partial charge >= 0.3 is 0 Å². The van der Waals surface area contributed by atoms with Gasteiger partial charge in [0.2, 0.25) is 0 Å². The van der Waals surface area contributed by atoms with Gasteiger partial charge in [-0.2, -0.15) is 0 Å². The Balaban J connectivity index is 1.78. The number of anilines is 1. The molecule has 1 saturated heterocycles. The van der Waals surface area contributed by atoms with Gasteiger partial charge in [0.25, 0.3) is 0 Å². The molecule has 0 radical (unpaired) electrons. The number of aliphatic hydroxyl groups is 1. The maximum atomic E-state index is 12.7. The van der Waals surface area contributed by atoms with E-state index in [1.165, 1.54) is 0 Å². The van der Waals surface area contributed by atoms with Gasteiger partial charge in [-0.1, -0.05) is 11.6 Å². The number of halogens is 1. The highest BCUT2D eigenvalue weighted by Crippen LogP contribution is 2.39. The zero-order valence-electron chi connectivity index (χ0n) is 13.2. The standard InChI is InChI=1S/C17H23ClN2O3/c18-13-10-12(16-11(15(13)19)2-1-9-23-16)14(21)3-4-17(22)5-7-20-8-6-17/h10,20,22H,1-9,19H2. The Bertz CT molecular complexity index is 612. The Morgan fingerprint density at radius 1 is 1.43 bits per heavy atom. The largest absolute Gasteiger partial charge is 0.492 e. The number of ketones is 1. The van der Waals surface area contributed by atoms with Crippen LogP contribution in [0.1, 0.15) is 48.0 Å². The number of hydrogen-bond acceptors (Lipinski definition) is 5. The predicted molar refractivity (Wildman–Crippen MR) is 90.3 cm³/mol. The van der Waals surface area contributed by atoms with Crippen LogP contribution in [0.25, 0.3) is 0 Å². The first-order valence-corrected chi connectivity index (χ1v) is 8.58. The molecule has 3 rings (SSSR count). The van der Waals surface area contributed by atoms with Crippen molar-refractivity contribution in [2.24, 2.45) is 0 Å². The van der Waals surface area contributed by atoms with Gasteiger partial charge in [-0.05, 0) is 51.3 Å². The van der Waals surface area contributed by atoms with Crippen LogP contribution < -0.4 is 15.8 Å². The lowest BCUT2D eigenvalue weighted by atomic mass is 9.86. The molecule has 1 fully saturated rings. The SMILES string of the molecule is Nc1c(Cl)cc(C(=O)CCC2(O)CCNCC2)c2c1CCCO2. The third-order valence-electron chi connectivity index (χ3n) is 4.84. The van der Waals surface area contributed by atoms with E-state index in [-0.39, 0.29) is 12.2 Å². The average Bonchev–Trinajstić information content (AvgIpc) is 2.57. The first-order valence-electron chi connectivity index (χ1n) is 8.20. The summed E-state index contributed by atoms with van der Waals surface area (Å²) in [6.45, 7) is 2.16. The Morgan fingerprint density at radius 3 is 2.91 bits per heavy atom. The highest BCUT2D eigenvalue weighted by Gasteiger charge is 2.31. The summed E-state index contributed by atoms with van der Waals surface area (Å²) >= 11 is 6.18. The molecule has 4 N–H and O–H groups in total. The van der Waals surface area contributed by atoms with Crippen molar-refractivity contribution in [1.82, 2.24) is 5.32 Å². The normalized spacial score (nSPS) is 19.7. The molecule has 0 atom stereocenters. The summed E-state index contributed by atoms with van der Waals surface area (Å²) in [5.74, 6) is 0.539. The number of carbonyl (C=O) groups excluding carboxylic acids is 1. The van der Waals surface area contributed by atoms with E-state index in [0.717, 1.165) is 31.5 Å². The molecule has 2 aliphatic heterocycles. The van der Waals surface area contributed by atoms with Crippen LogP contribution in [-0.4, -0.2) is 36.2 Å². The van der Waals surface area contributed by atoms with E-state index < -0.39 is 5.60 Å². The molecule has 2 heterocycles. The van der Waals surface area contributed by atoms with Crippen LogP contribution in [-0.2, 0) is 6.42 Å². The van der Waals surface area contributed by atoms with E-state index in [4.69, 9.17) is 22.1 Å². The molecule has 1 aromatic carbocycles. The van der Waals surface area contributed by atoms with Crippen molar-refractivity contribution in [3.05, 3.63) is 22.2 Å². The van der Waals surface area contributed by atoms with E-state index in [1.807, 2.05) is 0 Å². The highest BCUT2D eigenvalue weighted by atomic mass is 35.5. The van der Waals surface area contributed by atoms with Gasteiger partial charge in [0.05, 0.1) is 28.5 Å². The fourth-order valence-electron chi connectivity index (χ4n) is 3.37. The zero-order valence-corrected chi connectivity index (χ0v) is 13.9. The van der Waals surface area contributed by atoms with Crippen LogP contribution in [0.15, 0.2) is 6.07 Å². The Labute approximate surface area is 141 Å². The molecule has 0 spiro atoms. The first kappa shape index (κ1) is 16.6. The summed E-state index contributed by atoms with van der Waals surface area (Å²) in [5.41, 5.74) is 7.11. The Hall–Kier alpha value is -1.30. The number of piperidine rings is 1. The van der Waals surface area contributed by atoms with Crippen LogP contribution in [0, 0.1) is 0 Å². The third-order valence-corrected chi connectivity index (χ3v) is 5.15. The summed E-state index contributed by atoms with van der Waals surface area (Å²) in [6, 6.07) is 1.61. The lowest BCUT2D eigenvalue weighted by Gasteiger charge is -2.32. The van der Waals surface area contributed by atoms with Gasteiger partial charge in [0.1, 0.15) is 5.75 Å². The number of nitrogen functional groups attached to an aromatic ring is 1. The average molecular weight is 339 g/mol. The second-order valence-electron chi connectivity index (χ2n) is 6.48. The molecule has 0 unspecified atom stereocenters. The summed E-state index contributed by atoms with van der Waals surface area (Å²) in [7, 11) is 0. The maximum Gasteiger partial charge on any atom is 0.166 e. The van der Waals surface area contributed by atoms with E-state index in [0.29, 0.717) is 47.9 Å². The summed E-state index contributed by atoms with van der Waals surface area (Å²) in [4.78, 5) is 12.7. The second-order valence-corrected chi connectivity index (χ2v) is 6.88. The summed E-state index contributed by atoms with van der Waals surface area (Å²) in [6.07, 6.45) is 3.75. The van der Waals surface area contributed by atoms with Crippen molar-refractivity contribution < 1.29 is 14.6 Å². The minimum Gasteiger partial charge on any atom is -0.492 e. The molecule has 0 aromatic heterocycles. The maximum absolute atomic E-state index is 12.7. The third kappa shape index (κ3) is 3.47. The van der Waals surface area contributed by atoms with E-state index in [1.54, 1.807) is 6.07 Å². The number of fused-ring (bicyclic) bond motifs is 1. The molecule has 0 saturated carbocycles. The van der Waals surface area contributed by atoms with E-state index in [2.05, 4.69) is 5.32 Å². The van der Waals surface area contributed by atoms with Crippen LogP contribution in [0.5, 0.6) is 5.75 Å². The second kappa shape index (κ2) is 6.67. The molecule has 2 aliphatic rings. The van der Waals surface area contributed by atoms with Crippen molar-refractivity contribution >= 4 is 23.1 Å². The van der Waals surface area contributed by atoms with Crippen molar-refractivity contribution in [3.8, 4) is 5.75 Å². The number of carbonyl (C=O) groups is 1. The Kier molecular flexibility index (Phi) is 4.80. The highest BCUT2D eigenvalue weighted by molar-refractivity contribution is 6.33. The van der Waals surface area contributed by atoms with Crippen molar-refractivity contribution in [3.63, 3.8) is 0 Å². The van der Waals surface area contributed by atoms with Crippen LogP contribution >= 0.6 is 11.6 Å². The summed E-state index contributed by atoms with van der Waals surface area (Å²) in [5, 5.41) is 14.2. The molecule has 6 heteroatoms. The predicted octanol–water partition coefficient (Wildman–Crippen LogP) is 2.32. The molecule has 0 aliphatic carbocycles. The first-order chi connectivity index (χ1) is 11.0. The quantitative estimate of drug-likeness (QED) is 0.579. The number of ether oxygens (including phenoxy) is 1. The van der Waals surface area contributed by atoms with Gasteiger partial charge in [-0.15, -0.1) is 0 Å². The van der Waals surface area contributed by atoms with Gasteiger partial charge in [-0.3, -0.25) is 4.79 Å². The number of Topliss-reactive ketones (excluding diaryl/α,β-unsaturated/α-hetero) is 1. The molecule has 126 valence electrons. The topological polar surface area (TPSA) is 84.6 Å². The van der Waals surface area contributed by atoms with Crippen molar-refractivity contribution in [1.29, 1.82) is 0 Å². The monoisotopic (exact) mass is 338 g/mol. The summed E-state index contributed by atoms with van der Waals surface area (Å²) < 4.78 is 5.70. The van der Waals surface area contributed by atoms with E-state index in [9.17, 15) is 9.90 Å². The van der Waals surface area contributed by atoms with Gasteiger partial charge in [0.15, 0.2) is 5.78 Å². The van der Waals surface area contributed by atoms with E-state index >= 15 is 0 Å². The van der Waals surface area contributed by atoms with Crippen LogP contribution in [0.2, 0.25) is 5.02 Å².